The van der Waals surface area contributed by atoms with Gasteiger partial charge in [-0.3, -0.25) is 0 Å². The average molecular weight is 434 g/mol. The van der Waals surface area contributed by atoms with Gasteiger partial charge in [-0.2, -0.15) is 8.42 Å². The van der Waals surface area contributed by atoms with E-state index in [1.54, 1.807) is 12.1 Å². The standard InChI is InChI=1S/C19H16BrNO4S/c1-12-10-16(19(24-11-12)13-6-8-14(20)9-7-13)18-15-4-2-3-5-17(15)25-26(22,23)21-18/h2-9,16,19H,1,10-11H2/t16?,19-/m1/s1. The molecule has 0 saturated carbocycles. The first kappa shape index (κ1) is 17.5. The Balaban J connectivity index is 1.83. The lowest BCUT2D eigenvalue weighted by Crippen LogP contribution is -2.33. The number of halogens is 1. The highest BCUT2D eigenvalue weighted by molar-refractivity contribution is 9.10. The smallest absolute Gasteiger partial charge is 0.368 e. The van der Waals surface area contributed by atoms with Gasteiger partial charge in [-0.15, -0.1) is 4.40 Å². The van der Waals surface area contributed by atoms with E-state index < -0.39 is 10.3 Å². The number of hydrogen-bond donors (Lipinski definition) is 0. The van der Waals surface area contributed by atoms with Crippen LogP contribution in [0.3, 0.4) is 0 Å². The quantitative estimate of drug-likeness (QED) is 0.665. The molecule has 0 radical (unpaired) electrons. The second-order valence-corrected chi connectivity index (χ2v) is 8.45. The van der Waals surface area contributed by atoms with E-state index in [-0.39, 0.29) is 12.0 Å². The maximum atomic E-state index is 12.2. The lowest BCUT2D eigenvalue weighted by atomic mass is 9.81. The Kier molecular flexibility index (Phi) is 4.46. The molecule has 0 bridgehead atoms. The van der Waals surface area contributed by atoms with Crippen LogP contribution in [0.1, 0.15) is 23.7 Å². The molecule has 0 aliphatic carbocycles. The Labute approximate surface area is 160 Å². The van der Waals surface area contributed by atoms with Crippen LogP contribution in [-0.4, -0.2) is 20.7 Å². The first-order valence-corrected chi connectivity index (χ1v) is 10.3. The van der Waals surface area contributed by atoms with Crippen molar-refractivity contribution in [2.75, 3.05) is 6.61 Å². The van der Waals surface area contributed by atoms with Gasteiger partial charge in [0.1, 0.15) is 0 Å². The molecule has 26 heavy (non-hydrogen) atoms. The van der Waals surface area contributed by atoms with E-state index in [9.17, 15) is 8.42 Å². The fraction of sp³-hybridized carbons (Fsp3) is 0.211. The third-order valence-electron chi connectivity index (χ3n) is 4.46. The normalized spacial score (nSPS) is 24.3. The van der Waals surface area contributed by atoms with Gasteiger partial charge in [0.05, 0.1) is 18.4 Å². The Morgan fingerprint density at radius 1 is 1.12 bits per heavy atom. The molecule has 0 amide bonds. The fourth-order valence-corrected chi connectivity index (χ4v) is 4.49. The second-order valence-electron chi connectivity index (χ2n) is 6.33. The zero-order valence-corrected chi connectivity index (χ0v) is 16.2. The number of para-hydroxylation sites is 1. The number of nitrogens with zero attached hydrogens (tertiary/aromatic N) is 1. The Hall–Kier alpha value is -1.96. The lowest BCUT2D eigenvalue weighted by molar-refractivity contribution is 0.0209. The highest BCUT2D eigenvalue weighted by atomic mass is 79.9. The SMILES string of the molecule is C=C1CO[C@H](c2ccc(Br)cc2)C(C2=NS(=O)(=O)Oc3ccccc32)C1. The highest BCUT2D eigenvalue weighted by Gasteiger charge is 2.38. The summed E-state index contributed by atoms with van der Waals surface area (Å²) in [5.74, 6) is 0.0282. The summed E-state index contributed by atoms with van der Waals surface area (Å²) in [7, 11) is -4.03. The van der Waals surface area contributed by atoms with Crippen molar-refractivity contribution in [1.29, 1.82) is 0 Å². The summed E-state index contributed by atoms with van der Waals surface area (Å²) in [4.78, 5) is 0. The third kappa shape index (κ3) is 3.34. The van der Waals surface area contributed by atoms with Crippen LogP contribution in [0.2, 0.25) is 0 Å². The lowest BCUT2D eigenvalue weighted by Gasteiger charge is -2.35. The van der Waals surface area contributed by atoms with Crippen LogP contribution in [0, 0.1) is 5.92 Å². The summed E-state index contributed by atoms with van der Waals surface area (Å²) >= 11 is 3.43. The van der Waals surface area contributed by atoms with Gasteiger partial charge >= 0.3 is 10.3 Å². The summed E-state index contributed by atoms with van der Waals surface area (Å²) < 4.78 is 40.3. The van der Waals surface area contributed by atoms with E-state index in [0.29, 0.717) is 30.1 Å². The van der Waals surface area contributed by atoms with Gasteiger partial charge in [0.15, 0.2) is 5.75 Å². The van der Waals surface area contributed by atoms with E-state index >= 15 is 0 Å². The van der Waals surface area contributed by atoms with E-state index in [0.717, 1.165) is 15.6 Å². The number of fused-ring (bicyclic) bond motifs is 1. The maximum absolute atomic E-state index is 12.2. The predicted molar refractivity (Wildman–Crippen MR) is 103 cm³/mol. The molecule has 5 nitrogen and oxygen atoms in total. The number of rotatable bonds is 2. The number of hydrogen-bond acceptors (Lipinski definition) is 4. The molecule has 0 aromatic heterocycles. The van der Waals surface area contributed by atoms with Gasteiger partial charge < -0.3 is 8.92 Å². The van der Waals surface area contributed by atoms with Gasteiger partial charge in [0.2, 0.25) is 0 Å². The van der Waals surface area contributed by atoms with Gasteiger partial charge in [-0.05, 0) is 36.2 Å². The minimum absolute atomic E-state index is 0.266. The van der Waals surface area contributed by atoms with E-state index in [4.69, 9.17) is 8.92 Å². The largest absolute Gasteiger partial charge is 0.428 e. The van der Waals surface area contributed by atoms with Crippen molar-refractivity contribution < 1.29 is 17.3 Å². The van der Waals surface area contributed by atoms with Crippen LogP contribution in [0.4, 0.5) is 0 Å². The molecule has 1 saturated heterocycles. The van der Waals surface area contributed by atoms with Crippen LogP contribution in [0.15, 0.2) is 69.6 Å². The molecular weight excluding hydrogens is 418 g/mol. The molecule has 2 aromatic rings. The molecule has 7 heteroatoms. The van der Waals surface area contributed by atoms with Gasteiger partial charge in [-0.1, -0.05) is 52.3 Å². The average Bonchev–Trinajstić information content (AvgIpc) is 2.61. The van der Waals surface area contributed by atoms with Crippen molar-refractivity contribution in [3.8, 4) is 5.75 Å². The Morgan fingerprint density at radius 2 is 1.85 bits per heavy atom. The van der Waals surface area contributed by atoms with Crippen molar-refractivity contribution in [3.63, 3.8) is 0 Å². The minimum atomic E-state index is -4.03. The van der Waals surface area contributed by atoms with Crippen LogP contribution >= 0.6 is 15.9 Å². The molecule has 2 aromatic carbocycles. The topological polar surface area (TPSA) is 65.0 Å². The zero-order chi connectivity index (χ0) is 18.3. The molecule has 4 rings (SSSR count). The second kappa shape index (κ2) is 6.64. The van der Waals surface area contributed by atoms with Crippen LogP contribution in [0.5, 0.6) is 5.75 Å². The Bertz CT molecular complexity index is 998. The first-order chi connectivity index (χ1) is 12.4. The summed E-state index contributed by atoms with van der Waals surface area (Å²) in [6, 6.07) is 14.8. The first-order valence-electron chi connectivity index (χ1n) is 8.10. The van der Waals surface area contributed by atoms with Crippen molar-refractivity contribution >= 4 is 31.9 Å². The third-order valence-corrected chi connectivity index (χ3v) is 5.80. The highest BCUT2D eigenvalue weighted by Crippen LogP contribution is 2.41. The van der Waals surface area contributed by atoms with Crippen molar-refractivity contribution in [1.82, 2.24) is 0 Å². The molecule has 0 spiro atoms. The summed E-state index contributed by atoms with van der Waals surface area (Å²) in [6.07, 6.45) is 0.289. The van der Waals surface area contributed by atoms with Gasteiger partial charge in [0.25, 0.3) is 0 Å². The van der Waals surface area contributed by atoms with Crippen molar-refractivity contribution in [3.05, 3.63) is 76.3 Å². The molecule has 1 fully saturated rings. The predicted octanol–water partition coefficient (Wildman–Crippen LogP) is 4.21. The fourth-order valence-electron chi connectivity index (χ4n) is 3.34. The molecule has 1 unspecified atom stereocenters. The molecule has 2 atom stereocenters. The molecule has 2 heterocycles. The maximum Gasteiger partial charge on any atom is 0.428 e. The molecular formula is C19H16BrNO4S. The zero-order valence-electron chi connectivity index (χ0n) is 13.8. The van der Waals surface area contributed by atoms with Gasteiger partial charge in [0, 0.05) is 16.0 Å². The van der Waals surface area contributed by atoms with Crippen LogP contribution in [0.25, 0.3) is 0 Å². The van der Waals surface area contributed by atoms with Crippen molar-refractivity contribution in [2.45, 2.75) is 12.5 Å². The van der Waals surface area contributed by atoms with E-state index in [2.05, 4.69) is 26.9 Å². The molecule has 2 aliphatic heterocycles. The monoisotopic (exact) mass is 433 g/mol. The van der Waals surface area contributed by atoms with Crippen LogP contribution in [-0.2, 0) is 15.0 Å². The minimum Gasteiger partial charge on any atom is -0.368 e. The number of benzene rings is 2. The van der Waals surface area contributed by atoms with E-state index in [1.807, 2.05) is 36.4 Å². The molecule has 2 aliphatic rings. The Morgan fingerprint density at radius 3 is 2.62 bits per heavy atom. The summed E-state index contributed by atoms with van der Waals surface area (Å²) in [5.41, 5.74) is 3.01. The molecule has 134 valence electrons. The van der Waals surface area contributed by atoms with Crippen LogP contribution < -0.4 is 4.18 Å². The molecule has 0 N–H and O–H groups in total. The van der Waals surface area contributed by atoms with Crippen molar-refractivity contribution in [2.24, 2.45) is 10.3 Å². The number of ether oxygens (including phenoxy) is 1. The van der Waals surface area contributed by atoms with Gasteiger partial charge in [-0.25, -0.2) is 0 Å². The van der Waals surface area contributed by atoms with E-state index in [1.165, 1.54) is 0 Å². The summed E-state index contributed by atoms with van der Waals surface area (Å²) in [5, 5.41) is 0. The summed E-state index contributed by atoms with van der Waals surface area (Å²) in [6.45, 7) is 4.47.